The second-order valence-corrected chi connectivity index (χ2v) is 14.3. The van der Waals surface area contributed by atoms with Crippen LogP contribution in [0, 0.1) is 11.3 Å². The SMILES string of the molecule is CC(C)(C)OC(=O)NCc1cc(-c2nnc(-c3ccnc(CNC(=O)OC(C)(C)C)c3)nn2)ccn1.CC(C)(C)OC(=O)NCc1cc(C#N)ccn1. The van der Waals surface area contributed by atoms with Gasteiger partial charge in [-0.3, -0.25) is 15.0 Å². The fourth-order valence-corrected chi connectivity index (χ4v) is 3.96. The molecule has 53 heavy (non-hydrogen) atoms. The van der Waals surface area contributed by atoms with Crippen molar-refractivity contribution in [3.8, 4) is 28.8 Å². The average molecular weight is 728 g/mol. The van der Waals surface area contributed by atoms with Crippen LogP contribution in [0.1, 0.15) is 85.0 Å². The Morgan fingerprint density at radius 1 is 0.566 bits per heavy atom. The molecule has 280 valence electrons. The van der Waals surface area contributed by atoms with Crippen LogP contribution in [0.4, 0.5) is 14.4 Å². The molecule has 0 aliphatic carbocycles. The standard InChI is InChI=1S/C24H30N8O4.C12H15N3O2/c1-23(2,3)35-21(33)27-13-17-11-15(7-9-25-17)19-29-31-20(32-30-19)16-8-10-26-18(12-16)14-28-22(34)36-24(4,5)6;1-12(2,3)17-11(16)15-8-10-6-9(7-13)4-5-14-10/h7-12H,13-14H2,1-6H3,(H,27,33)(H,28,34);4-6H,8H2,1-3H3,(H,15,16). The topological polar surface area (TPSA) is 229 Å². The third kappa shape index (κ3) is 16.1. The highest BCUT2D eigenvalue weighted by Gasteiger charge is 2.18. The number of nitrogens with one attached hydrogen (secondary N) is 3. The molecule has 4 heterocycles. The molecule has 0 atom stereocenters. The Balaban J connectivity index is 0.000000372. The van der Waals surface area contributed by atoms with Gasteiger partial charge >= 0.3 is 18.3 Å². The first kappa shape index (κ1) is 41.1. The van der Waals surface area contributed by atoms with Crippen molar-refractivity contribution in [2.24, 2.45) is 0 Å². The number of alkyl carbamates (subject to hydrolysis) is 3. The predicted molar refractivity (Wildman–Crippen MR) is 192 cm³/mol. The number of nitrogens with zero attached hydrogens (tertiary/aromatic N) is 8. The first-order valence-electron chi connectivity index (χ1n) is 16.5. The second-order valence-electron chi connectivity index (χ2n) is 14.3. The molecule has 4 aromatic heterocycles. The summed E-state index contributed by atoms with van der Waals surface area (Å²) in [6.07, 6.45) is 3.15. The first-order valence-corrected chi connectivity index (χ1v) is 16.5. The normalized spacial score (nSPS) is 11.2. The van der Waals surface area contributed by atoms with E-state index in [-0.39, 0.29) is 19.6 Å². The molecule has 4 aromatic rings. The van der Waals surface area contributed by atoms with Crippen LogP contribution in [0.25, 0.3) is 22.8 Å². The van der Waals surface area contributed by atoms with E-state index < -0.39 is 35.1 Å². The van der Waals surface area contributed by atoms with Gasteiger partial charge in [0.25, 0.3) is 0 Å². The Morgan fingerprint density at radius 2 is 0.887 bits per heavy atom. The van der Waals surface area contributed by atoms with Crippen LogP contribution in [0.3, 0.4) is 0 Å². The van der Waals surface area contributed by atoms with Gasteiger partial charge in [0, 0.05) is 29.7 Å². The summed E-state index contributed by atoms with van der Waals surface area (Å²) in [5, 5.41) is 33.3. The maximum Gasteiger partial charge on any atom is 0.407 e. The van der Waals surface area contributed by atoms with Crippen molar-refractivity contribution < 1.29 is 28.6 Å². The number of carbonyl (C=O) groups is 3. The third-order valence-corrected chi connectivity index (χ3v) is 6.01. The number of aromatic nitrogens is 7. The zero-order valence-electron chi connectivity index (χ0n) is 31.3. The number of rotatable bonds is 8. The van der Waals surface area contributed by atoms with Gasteiger partial charge < -0.3 is 30.2 Å². The van der Waals surface area contributed by atoms with Crippen LogP contribution in [-0.2, 0) is 33.8 Å². The fourth-order valence-electron chi connectivity index (χ4n) is 3.96. The fraction of sp³-hybridized carbons (Fsp3) is 0.417. The smallest absolute Gasteiger partial charge is 0.407 e. The summed E-state index contributed by atoms with van der Waals surface area (Å²) in [4.78, 5) is 47.6. The molecule has 0 saturated carbocycles. The summed E-state index contributed by atoms with van der Waals surface area (Å²) in [5.74, 6) is 0.612. The van der Waals surface area contributed by atoms with Crippen LogP contribution in [0.5, 0.6) is 0 Å². The summed E-state index contributed by atoms with van der Waals surface area (Å²) < 4.78 is 15.5. The molecular formula is C36H45N11O6. The summed E-state index contributed by atoms with van der Waals surface area (Å²) in [6.45, 7) is 16.7. The summed E-state index contributed by atoms with van der Waals surface area (Å²) in [6, 6.07) is 12.2. The number of ether oxygens (including phenoxy) is 3. The van der Waals surface area contributed by atoms with Gasteiger partial charge in [0.05, 0.1) is 48.3 Å². The number of hydrogen-bond acceptors (Lipinski definition) is 14. The molecule has 0 fully saturated rings. The monoisotopic (exact) mass is 727 g/mol. The zero-order chi connectivity index (χ0) is 39.2. The Labute approximate surface area is 308 Å². The molecule has 3 amide bonds. The van der Waals surface area contributed by atoms with E-state index in [0.717, 1.165) is 0 Å². The molecular weight excluding hydrogens is 682 g/mol. The van der Waals surface area contributed by atoms with E-state index in [0.29, 0.717) is 45.4 Å². The number of pyridine rings is 3. The van der Waals surface area contributed by atoms with Crippen LogP contribution in [0.2, 0.25) is 0 Å². The molecule has 0 spiro atoms. The van der Waals surface area contributed by atoms with Gasteiger partial charge in [-0.2, -0.15) is 5.26 Å². The highest BCUT2D eigenvalue weighted by molar-refractivity contribution is 5.68. The quantitative estimate of drug-likeness (QED) is 0.193. The average Bonchev–Trinajstić information content (AvgIpc) is 3.07. The van der Waals surface area contributed by atoms with Crippen molar-refractivity contribution in [2.75, 3.05) is 0 Å². The summed E-state index contributed by atoms with van der Waals surface area (Å²) in [5.41, 5.74) is 1.93. The van der Waals surface area contributed by atoms with E-state index in [1.54, 1.807) is 111 Å². The van der Waals surface area contributed by atoms with Crippen LogP contribution in [0.15, 0.2) is 55.0 Å². The Kier molecular flexibility index (Phi) is 14.2. The number of amides is 3. The number of carbonyl (C=O) groups excluding carboxylic acids is 3. The van der Waals surface area contributed by atoms with Gasteiger partial charge in [0.15, 0.2) is 0 Å². The number of hydrogen-bond donors (Lipinski definition) is 3. The highest BCUT2D eigenvalue weighted by atomic mass is 16.6. The van der Waals surface area contributed by atoms with Gasteiger partial charge in [-0.15, -0.1) is 20.4 Å². The van der Waals surface area contributed by atoms with E-state index in [4.69, 9.17) is 19.5 Å². The minimum Gasteiger partial charge on any atom is -0.444 e. The largest absolute Gasteiger partial charge is 0.444 e. The van der Waals surface area contributed by atoms with Crippen molar-refractivity contribution in [1.29, 1.82) is 5.26 Å². The van der Waals surface area contributed by atoms with Gasteiger partial charge in [-0.25, -0.2) is 14.4 Å². The highest BCUT2D eigenvalue weighted by Crippen LogP contribution is 2.18. The van der Waals surface area contributed by atoms with Crippen molar-refractivity contribution >= 4 is 18.3 Å². The number of nitriles is 1. The Hall–Kier alpha value is -6.31. The summed E-state index contributed by atoms with van der Waals surface area (Å²) in [7, 11) is 0. The van der Waals surface area contributed by atoms with Crippen molar-refractivity contribution in [3.05, 3.63) is 77.6 Å². The molecule has 0 unspecified atom stereocenters. The molecule has 4 rings (SSSR count). The molecule has 17 nitrogen and oxygen atoms in total. The molecule has 0 radical (unpaired) electrons. The van der Waals surface area contributed by atoms with Crippen LogP contribution < -0.4 is 16.0 Å². The lowest BCUT2D eigenvalue weighted by atomic mass is 10.2. The van der Waals surface area contributed by atoms with E-state index in [1.807, 2.05) is 6.07 Å². The lowest BCUT2D eigenvalue weighted by molar-refractivity contribution is 0.0511. The molecule has 17 heteroatoms. The minimum absolute atomic E-state index is 0.179. The van der Waals surface area contributed by atoms with E-state index >= 15 is 0 Å². The maximum atomic E-state index is 11.9. The third-order valence-electron chi connectivity index (χ3n) is 6.01. The van der Waals surface area contributed by atoms with E-state index in [9.17, 15) is 14.4 Å². The second kappa shape index (κ2) is 18.3. The minimum atomic E-state index is -0.587. The Bertz CT molecular complexity index is 1800. The van der Waals surface area contributed by atoms with Crippen molar-refractivity contribution in [3.63, 3.8) is 0 Å². The van der Waals surface area contributed by atoms with Gasteiger partial charge in [-0.05, 0) is 98.7 Å². The molecule has 0 aliphatic heterocycles. The summed E-state index contributed by atoms with van der Waals surface area (Å²) >= 11 is 0. The lowest BCUT2D eigenvalue weighted by Gasteiger charge is -2.19. The Morgan fingerprint density at radius 3 is 1.21 bits per heavy atom. The molecule has 0 aromatic carbocycles. The van der Waals surface area contributed by atoms with E-state index in [1.165, 1.54) is 6.20 Å². The lowest BCUT2D eigenvalue weighted by Crippen LogP contribution is -2.32. The van der Waals surface area contributed by atoms with Crippen LogP contribution >= 0.6 is 0 Å². The molecule has 0 aliphatic rings. The molecule has 0 bridgehead atoms. The van der Waals surface area contributed by atoms with Crippen LogP contribution in [-0.4, -0.2) is 70.4 Å². The zero-order valence-corrected chi connectivity index (χ0v) is 31.3. The molecule has 0 saturated heterocycles. The van der Waals surface area contributed by atoms with Gasteiger partial charge in [0.1, 0.15) is 16.8 Å². The predicted octanol–water partition coefficient (Wildman–Crippen LogP) is 5.42. The first-order chi connectivity index (χ1) is 24.8. The van der Waals surface area contributed by atoms with E-state index in [2.05, 4.69) is 51.3 Å². The van der Waals surface area contributed by atoms with Crippen molar-refractivity contribution in [1.82, 2.24) is 51.3 Å². The van der Waals surface area contributed by atoms with Gasteiger partial charge in [-0.1, -0.05) is 0 Å². The van der Waals surface area contributed by atoms with Gasteiger partial charge in [0.2, 0.25) is 11.6 Å². The molecule has 3 N–H and O–H groups in total. The maximum absolute atomic E-state index is 11.9. The van der Waals surface area contributed by atoms with Crippen molar-refractivity contribution in [2.45, 2.75) is 98.8 Å².